The molecule has 0 saturated heterocycles. The summed E-state index contributed by atoms with van der Waals surface area (Å²) in [6, 6.07) is 5.33. The molecule has 1 aliphatic carbocycles. The van der Waals surface area contributed by atoms with Crippen molar-refractivity contribution < 1.29 is 14.6 Å². The number of carbonyl (C=O) groups excluding carboxylic acids is 1. The minimum atomic E-state index is -0.560. The average Bonchev–Trinajstić information content (AvgIpc) is 3.20. The number of aliphatic hydroxyl groups is 1. The lowest BCUT2D eigenvalue weighted by atomic mass is 10.0. The van der Waals surface area contributed by atoms with E-state index in [1.807, 2.05) is 13.0 Å². The Bertz CT molecular complexity index is 514. The lowest BCUT2D eigenvalue weighted by Gasteiger charge is -2.19. The first-order chi connectivity index (χ1) is 9.96. The van der Waals surface area contributed by atoms with Crippen LogP contribution in [0.15, 0.2) is 18.2 Å². The van der Waals surface area contributed by atoms with Crippen LogP contribution in [0.25, 0.3) is 0 Å². The number of aryl methyl sites for hydroxylation is 1. The molecule has 1 unspecified atom stereocenters. The predicted octanol–water partition coefficient (Wildman–Crippen LogP) is 2.69. The van der Waals surface area contributed by atoms with Gasteiger partial charge in [0.1, 0.15) is 5.75 Å². The molecule has 1 aromatic rings. The quantitative estimate of drug-likeness (QED) is 0.814. The molecule has 1 fully saturated rings. The maximum absolute atomic E-state index is 12.1. The van der Waals surface area contributed by atoms with Gasteiger partial charge >= 0.3 is 0 Å². The Morgan fingerprint density at radius 1 is 1.52 bits per heavy atom. The molecule has 1 aliphatic rings. The monoisotopic (exact) mass is 311 g/mol. The van der Waals surface area contributed by atoms with Gasteiger partial charge in [-0.15, -0.1) is 0 Å². The van der Waals surface area contributed by atoms with E-state index in [4.69, 9.17) is 21.4 Å². The number of rotatable bonds is 7. The third-order valence-corrected chi connectivity index (χ3v) is 4.28. The van der Waals surface area contributed by atoms with E-state index in [-0.39, 0.29) is 17.9 Å². The highest BCUT2D eigenvalue weighted by Crippen LogP contribution is 2.47. The molecule has 1 amide bonds. The van der Waals surface area contributed by atoms with Crippen molar-refractivity contribution in [2.24, 2.45) is 5.41 Å². The highest BCUT2D eigenvalue weighted by molar-refractivity contribution is 6.30. The van der Waals surface area contributed by atoms with E-state index in [1.165, 1.54) is 0 Å². The highest BCUT2D eigenvalue weighted by Gasteiger charge is 2.42. The van der Waals surface area contributed by atoms with Crippen molar-refractivity contribution in [1.82, 2.24) is 5.32 Å². The normalized spacial score (nSPS) is 17.1. The van der Waals surface area contributed by atoms with Crippen LogP contribution in [0.5, 0.6) is 5.75 Å². The topological polar surface area (TPSA) is 58.6 Å². The molecule has 0 spiro atoms. The second-order valence-electron chi connectivity index (χ2n) is 5.86. The van der Waals surface area contributed by atoms with Gasteiger partial charge in [-0.1, -0.05) is 11.6 Å². The Hall–Kier alpha value is -1.26. The minimum Gasteiger partial charge on any atom is -0.481 e. The molecule has 2 N–H and O–H groups in total. The predicted molar refractivity (Wildman–Crippen MR) is 82.7 cm³/mol. The van der Waals surface area contributed by atoms with Gasteiger partial charge in [-0.3, -0.25) is 4.79 Å². The summed E-state index contributed by atoms with van der Waals surface area (Å²) in [5, 5.41) is 12.6. The van der Waals surface area contributed by atoms with Crippen LogP contribution in [-0.2, 0) is 4.79 Å². The van der Waals surface area contributed by atoms with E-state index in [9.17, 15) is 4.79 Å². The van der Waals surface area contributed by atoms with Crippen LogP contribution in [0, 0.1) is 12.3 Å². The lowest BCUT2D eigenvalue weighted by Crippen LogP contribution is -2.39. The van der Waals surface area contributed by atoms with Gasteiger partial charge in [0.05, 0.1) is 0 Å². The molecule has 1 aromatic carbocycles. The molecule has 0 aromatic heterocycles. The molecule has 21 heavy (non-hydrogen) atoms. The van der Waals surface area contributed by atoms with E-state index in [0.717, 1.165) is 24.8 Å². The number of carbonyl (C=O) groups is 1. The molecule has 0 radical (unpaired) electrons. The second kappa shape index (κ2) is 6.67. The van der Waals surface area contributed by atoms with Crippen LogP contribution < -0.4 is 10.1 Å². The van der Waals surface area contributed by atoms with Crippen LogP contribution in [-0.4, -0.2) is 30.3 Å². The van der Waals surface area contributed by atoms with Crippen LogP contribution in [0.1, 0.15) is 31.7 Å². The first-order valence-electron chi connectivity index (χ1n) is 7.27. The summed E-state index contributed by atoms with van der Waals surface area (Å²) in [4.78, 5) is 12.1. The zero-order chi connectivity index (χ0) is 15.5. The summed E-state index contributed by atoms with van der Waals surface area (Å²) >= 11 is 5.90. The summed E-state index contributed by atoms with van der Waals surface area (Å²) in [6.07, 6.45) is 2.33. The Labute approximate surface area is 130 Å². The molecule has 0 bridgehead atoms. The number of benzene rings is 1. The van der Waals surface area contributed by atoms with Crippen molar-refractivity contribution in [2.45, 2.75) is 39.2 Å². The number of hydrogen-bond acceptors (Lipinski definition) is 3. The van der Waals surface area contributed by atoms with Gasteiger partial charge in [-0.2, -0.15) is 0 Å². The van der Waals surface area contributed by atoms with Crippen LogP contribution in [0.2, 0.25) is 5.02 Å². The standard InChI is InChI=1S/C16H22ClNO3/c1-11-9-13(17)3-4-14(11)21-12(2)15(20)18-10-16(5-6-16)7-8-19/h3-4,9,12,19H,5-8,10H2,1-2H3,(H,18,20). The maximum atomic E-state index is 12.1. The third-order valence-electron chi connectivity index (χ3n) is 4.05. The SMILES string of the molecule is Cc1cc(Cl)ccc1OC(C)C(=O)NCC1(CCO)CC1. The molecule has 1 atom stereocenters. The molecule has 0 aliphatic heterocycles. The summed E-state index contributed by atoms with van der Waals surface area (Å²) < 4.78 is 5.69. The van der Waals surface area contributed by atoms with Crippen molar-refractivity contribution >= 4 is 17.5 Å². The van der Waals surface area contributed by atoms with Crippen molar-refractivity contribution in [2.75, 3.05) is 13.2 Å². The first kappa shape index (κ1) is 16.1. The van der Waals surface area contributed by atoms with Gasteiger partial charge in [-0.25, -0.2) is 0 Å². The Morgan fingerprint density at radius 2 is 2.24 bits per heavy atom. The van der Waals surface area contributed by atoms with E-state index < -0.39 is 6.10 Å². The molecule has 4 nitrogen and oxygen atoms in total. The number of aliphatic hydroxyl groups excluding tert-OH is 1. The fraction of sp³-hybridized carbons (Fsp3) is 0.562. The Kier molecular flexibility index (Phi) is 5.12. The maximum Gasteiger partial charge on any atom is 0.260 e. The number of hydrogen-bond donors (Lipinski definition) is 2. The van der Waals surface area contributed by atoms with Crippen molar-refractivity contribution in [3.63, 3.8) is 0 Å². The highest BCUT2D eigenvalue weighted by atomic mass is 35.5. The van der Waals surface area contributed by atoms with Gasteiger partial charge in [0.2, 0.25) is 0 Å². The Morgan fingerprint density at radius 3 is 2.81 bits per heavy atom. The van der Waals surface area contributed by atoms with Crippen molar-refractivity contribution in [3.8, 4) is 5.75 Å². The van der Waals surface area contributed by atoms with Gasteiger partial charge in [0, 0.05) is 18.2 Å². The van der Waals surface area contributed by atoms with Gasteiger partial charge in [0.25, 0.3) is 5.91 Å². The molecule has 5 heteroatoms. The zero-order valence-corrected chi connectivity index (χ0v) is 13.2. The van der Waals surface area contributed by atoms with E-state index in [2.05, 4.69) is 5.32 Å². The number of nitrogens with one attached hydrogen (secondary N) is 1. The van der Waals surface area contributed by atoms with Crippen LogP contribution >= 0.6 is 11.6 Å². The fourth-order valence-electron chi connectivity index (χ4n) is 2.34. The smallest absolute Gasteiger partial charge is 0.260 e. The number of ether oxygens (including phenoxy) is 1. The summed E-state index contributed by atoms with van der Waals surface area (Å²) in [6.45, 7) is 4.41. The van der Waals surface area contributed by atoms with Crippen molar-refractivity contribution in [1.29, 1.82) is 0 Å². The van der Waals surface area contributed by atoms with Crippen LogP contribution in [0.4, 0.5) is 0 Å². The molecule has 1 saturated carbocycles. The first-order valence-corrected chi connectivity index (χ1v) is 7.65. The van der Waals surface area contributed by atoms with Gasteiger partial charge in [-0.05, 0) is 62.3 Å². The second-order valence-corrected chi connectivity index (χ2v) is 6.30. The number of halogens is 1. The fourth-order valence-corrected chi connectivity index (χ4v) is 2.56. The largest absolute Gasteiger partial charge is 0.481 e. The van der Waals surface area contributed by atoms with Crippen LogP contribution in [0.3, 0.4) is 0 Å². The van der Waals surface area contributed by atoms with E-state index >= 15 is 0 Å². The molecule has 2 rings (SSSR count). The van der Waals surface area contributed by atoms with Crippen molar-refractivity contribution in [3.05, 3.63) is 28.8 Å². The van der Waals surface area contributed by atoms with E-state index in [0.29, 0.717) is 17.3 Å². The number of amides is 1. The molecule has 0 heterocycles. The third kappa shape index (κ3) is 4.35. The summed E-state index contributed by atoms with van der Waals surface area (Å²) in [5.41, 5.74) is 1.02. The van der Waals surface area contributed by atoms with Gasteiger partial charge < -0.3 is 15.2 Å². The Balaban J connectivity index is 1.85. The zero-order valence-electron chi connectivity index (χ0n) is 12.5. The minimum absolute atomic E-state index is 0.111. The lowest BCUT2D eigenvalue weighted by molar-refractivity contribution is -0.127. The molecular weight excluding hydrogens is 290 g/mol. The van der Waals surface area contributed by atoms with E-state index in [1.54, 1.807) is 19.1 Å². The summed E-state index contributed by atoms with van der Waals surface area (Å²) in [5.74, 6) is 0.534. The van der Waals surface area contributed by atoms with Gasteiger partial charge in [0.15, 0.2) is 6.10 Å². The molecule has 116 valence electrons. The summed E-state index contributed by atoms with van der Waals surface area (Å²) in [7, 11) is 0. The average molecular weight is 312 g/mol. The molecular formula is C16H22ClNO3.